The molecule has 0 unspecified atom stereocenters. The lowest BCUT2D eigenvalue weighted by molar-refractivity contribution is -0.0236. The monoisotopic (exact) mass is 339 g/mol. The normalized spacial score (nSPS) is 28.7. The van der Waals surface area contributed by atoms with Crippen molar-refractivity contribution in [2.75, 3.05) is 32.5 Å². The van der Waals surface area contributed by atoms with Gasteiger partial charge in [0.2, 0.25) is 10.0 Å². The topological polar surface area (TPSA) is 71.5 Å². The molecule has 0 amide bonds. The van der Waals surface area contributed by atoms with Crippen LogP contribution in [0.1, 0.15) is 24.8 Å². The van der Waals surface area contributed by atoms with E-state index in [2.05, 4.69) is 20.7 Å². The van der Waals surface area contributed by atoms with E-state index < -0.39 is 10.0 Å². The largest absolute Gasteiger partial charge is 0.378 e. The highest BCUT2D eigenvalue weighted by Gasteiger charge is 2.47. The highest BCUT2D eigenvalue weighted by atomic mass is 32.2. The van der Waals surface area contributed by atoms with E-state index in [0.717, 1.165) is 45.5 Å². The van der Waals surface area contributed by atoms with Gasteiger partial charge in [-0.3, -0.25) is 9.88 Å². The van der Waals surface area contributed by atoms with E-state index in [9.17, 15) is 8.42 Å². The summed E-state index contributed by atoms with van der Waals surface area (Å²) in [5, 5.41) is 0. The average Bonchev–Trinajstić information content (AvgIpc) is 2.90. The zero-order valence-electron chi connectivity index (χ0n) is 13.6. The van der Waals surface area contributed by atoms with Crippen LogP contribution in [0.5, 0.6) is 0 Å². The van der Waals surface area contributed by atoms with Crippen LogP contribution < -0.4 is 4.72 Å². The molecule has 2 saturated heterocycles. The molecule has 2 atom stereocenters. The van der Waals surface area contributed by atoms with Crippen molar-refractivity contribution in [3.8, 4) is 0 Å². The van der Waals surface area contributed by atoms with Crippen LogP contribution in [-0.2, 0) is 21.3 Å². The van der Waals surface area contributed by atoms with E-state index in [-0.39, 0.29) is 11.5 Å². The summed E-state index contributed by atoms with van der Waals surface area (Å²) in [4.78, 5) is 6.63. The van der Waals surface area contributed by atoms with Crippen molar-refractivity contribution < 1.29 is 13.2 Å². The molecule has 1 aromatic rings. The Morgan fingerprint density at radius 2 is 2.39 bits per heavy atom. The Labute approximate surface area is 138 Å². The molecule has 0 saturated carbocycles. The predicted octanol–water partition coefficient (Wildman–Crippen LogP) is 1.00. The number of likely N-dealkylation sites (tertiary alicyclic amines) is 1. The molecule has 7 heteroatoms. The van der Waals surface area contributed by atoms with Crippen molar-refractivity contribution >= 4 is 10.0 Å². The van der Waals surface area contributed by atoms with E-state index in [1.165, 1.54) is 11.8 Å². The first kappa shape index (κ1) is 16.8. The number of hydrogen-bond donors (Lipinski definition) is 1. The summed E-state index contributed by atoms with van der Waals surface area (Å²) in [5.74, 6) is 0. The van der Waals surface area contributed by atoms with Gasteiger partial charge in [0.15, 0.2) is 0 Å². The summed E-state index contributed by atoms with van der Waals surface area (Å²) in [7, 11) is -3.13. The zero-order valence-corrected chi connectivity index (χ0v) is 14.4. The number of fused-ring (bicyclic) bond motifs is 1. The molecule has 128 valence electrons. The summed E-state index contributed by atoms with van der Waals surface area (Å²) < 4.78 is 31.2. The van der Waals surface area contributed by atoms with Crippen molar-refractivity contribution in [2.45, 2.75) is 31.9 Å². The predicted molar refractivity (Wildman–Crippen MR) is 88.4 cm³/mol. The van der Waals surface area contributed by atoms with Crippen LogP contribution in [-0.4, -0.2) is 56.9 Å². The fourth-order valence-corrected chi connectivity index (χ4v) is 4.34. The van der Waals surface area contributed by atoms with Gasteiger partial charge >= 0.3 is 0 Å². The number of piperidine rings is 1. The maximum absolute atomic E-state index is 11.3. The van der Waals surface area contributed by atoms with Gasteiger partial charge in [-0.05, 0) is 30.9 Å². The average molecular weight is 339 g/mol. The second-order valence-corrected chi connectivity index (χ2v) is 8.58. The van der Waals surface area contributed by atoms with Gasteiger partial charge in [-0.15, -0.1) is 0 Å². The molecule has 1 N–H and O–H groups in total. The summed E-state index contributed by atoms with van der Waals surface area (Å²) in [6, 6.07) is 4.06. The highest BCUT2D eigenvalue weighted by molar-refractivity contribution is 7.88. The van der Waals surface area contributed by atoms with E-state index >= 15 is 0 Å². The summed E-state index contributed by atoms with van der Waals surface area (Å²) in [6.07, 6.45) is 8.02. The van der Waals surface area contributed by atoms with Crippen LogP contribution in [0.25, 0.3) is 0 Å². The first-order chi connectivity index (χ1) is 11.0. The standard InChI is InChI=1S/C16H25N3O3S/c1-23(20,21)18-8-5-16-6-10-22-15(16)4-9-19(13-16)12-14-3-2-7-17-11-14/h2-3,7,11,15,18H,4-6,8-10,12-13H2,1H3/t15-,16+/m1/s1. The first-order valence-corrected chi connectivity index (χ1v) is 10.0. The number of sulfonamides is 1. The Morgan fingerprint density at radius 1 is 1.52 bits per heavy atom. The number of hydrogen-bond acceptors (Lipinski definition) is 5. The molecule has 6 nitrogen and oxygen atoms in total. The number of pyridine rings is 1. The lowest BCUT2D eigenvalue weighted by Crippen LogP contribution is -2.50. The van der Waals surface area contributed by atoms with Crippen LogP contribution in [0.4, 0.5) is 0 Å². The molecule has 2 fully saturated rings. The second kappa shape index (κ2) is 6.84. The molecule has 0 radical (unpaired) electrons. The molecule has 0 aliphatic carbocycles. The van der Waals surface area contributed by atoms with Crippen LogP contribution >= 0.6 is 0 Å². The van der Waals surface area contributed by atoms with E-state index in [1.807, 2.05) is 12.3 Å². The van der Waals surface area contributed by atoms with Gasteiger partial charge < -0.3 is 4.74 Å². The zero-order chi connectivity index (χ0) is 16.3. The highest BCUT2D eigenvalue weighted by Crippen LogP contribution is 2.43. The fourth-order valence-electron chi connectivity index (χ4n) is 3.87. The molecular formula is C16H25N3O3S. The molecule has 3 rings (SSSR count). The molecule has 0 bridgehead atoms. The van der Waals surface area contributed by atoms with E-state index in [4.69, 9.17) is 4.74 Å². The third kappa shape index (κ3) is 4.29. The van der Waals surface area contributed by atoms with Crippen LogP contribution in [0.3, 0.4) is 0 Å². The molecule has 2 aliphatic rings. The maximum atomic E-state index is 11.3. The van der Waals surface area contributed by atoms with Crippen molar-refractivity contribution in [2.24, 2.45) is 5.41 Å². The van der Waals surface area contributed by atoms with Crippen LogP contribution in [0.2, 0.25) is 0 Å². The van der Waals surface area contributed by atoms with E-state index in [1.54, 1.807) is 6.20 Å². The Bertz CT molecular complexity index is 623. The SMILES string of the molecule is CS(=O)(=O)NCC[C@@]12CCO[C@@H]1CCN(Cc1cccnc1)C2. The molecule has 0 aromatic carbocycles. The summed E-state index contributed by atoms with van der Waals surface area (Å²) in [5.41, 5.74) is 1.28. The molecular weight excluding hydrogens is 314 g/mol. The van der Waals surface area contributed by atoms with Gasteiger partial charge in [-0.25, -0.2) is 13.1 Å². The van der Waals surface area contributed by atoms with Crippen LogP contribution in [0.15, 0.2) is 24.5 Å². The number of nitrogens with one attached hydrogen (secondary N) is 1. The lowest BCUT2D eigenvalue weighted by atomic mass is 9.74. The Balaban J connectivity index is 1.64. The molecule has 2 aliphatic heterocycles. The Hall–Kier alpha value is -1.02. The van der Waals surface area contributed by atoms with Gasteiger partial charge in [-0.1, -0.05) is 6.07 Å². The number of aromatic nitrogens is 1. The van der Waals surface area contributed by atoms with Gasteiger partial charge in [0.05, 0.1) is 12.4 Å². The third-order valence-corrected chi connectivity index (χ3v) is 5.69. The van der Waals surface area contributed by atoms with Gasteiger partial charge in [0, 0.05) is 50.6 Å². The number of rotatable bonds is 6. The maximum Gasteiger partial charge on any atom is 0.208 e. The minimum atomic E-state index is -3.13. The molecule has 23 heavy (non-hydrogen) atoms. The van der Waals surface area contributed by atoms with Crippen molar-refractivity contribution in [3.63, 3.8) is 0 Å². The minimum Gasteiger partial charge on any atom is -0.378 e. The molecule has 3 heterocycles. The smallest absolute Gasteiger partial charge is 0.208 e. The number of nitrogens with zero attached hydrogens (tertiary/aromatic N) is 2. The van der Waals surface area contributed by atoms with Crippen LogP contribution in [0, 0.1) is 5.41 Å². The Kier molecular flexibility index (Phi) is 5.01. The van der Waals surface area contributed by atoms with E-state index in [0.29, 0.717) is 6.54 Å². The first-order valence-electron chi connectivity index (χ1n) is 8.14. The summed E-state index contributed by atoms with van der Waals surface area (Å²) in [6.45, 7) is 4.13. The van der Waals surface area contributed by atoms with Crippen molar-refractivity contribution in [3.05, 3.63) is 30.1 Å². The van der Waals surface area contributed by atoms with Crippen molar-refractivity contribution in [1.82, 2.24) is 14.6 Å². The van der Waals surface area contributed by atoms with Gasteiger partial charge in [0.25, 0.3) is 0 Å². The third-order valence-electron chi connectivity index (χ3n) is 4.96. The van der Waals surface area contributed by atoms with Crippen molar-refractivity contribution in [1.29, 1.82) is 0 Å². The number of ether oxygens (including phenoxy) is 1. The lowest BCUT2D eigenvalue weighted by Gasteiger charge is -2.44. The Morgan fingerprint density at radius 3 is 3.13 bits per heavy atom. The fraction of sp³-hybridized carbons (Fsp3) is 0.688. The van der Waals surface area contributed by atoms with Gasteiger partial charge in [-0.2, -0.15) is 0 Å². The molecule has 1 aromatic heterocycles. The second-order valence-electron chi connectivity index (χ2n) is 6.75. The minimum absolute atomic E-state index is 0.0676. The molecule has 0 spiro atoms. The quantitative estimate of drug-likeness (QED) is 0.837. The van der Waals surface area contributed by atoms with Gasteiger partial charge in [0.1, 0.15) is 0 Å². The summed E-state index contributed by atoms with van der Waals surface area (Å²) >= 11 is 0.